The van der Waals surface area contributed by atoms with Crippen LogP contribution in [0.4, 0.5) is 0 Å². The summed E-state index contributed by atoms with van der Waals surface area (Å²) in [7, 11) is -1.11. The number of rotatable bonds is 2. The molecule has 0 fully saturated rings. The summed E-state index contributed by atoms with van der Waals surface area (Å²) >= 11 is 0. The Hall–Kier alpha value is -2.41. The highest BCUT2D eigenvalue weighted by atomic mass is 32.3. The van der Waals surface area contributed by atoms with E-state index in [2.05, 4.69) is 0 Å². The minimum atomic E-state index is -4.17. The molecule has 3 rings (SSSR count). The summed E-state index contributed by atoms with van der Waals surface area (Å²) in [6, 6.07) is 9.61. The first-order chi connectivity index (χ1) is 10.0. The molecule has 0 unspecified atom stereocenters. The molecule has 0 atom stereocenters. The average Bonchev–Trinajstić information content (AvgIpc) is 2.58. The van der Waals surface area contributed by atoms with Gasteiger partial charge in [-0.1, -0.05) is 0 Å². The van der Waals surface area contributed by atoms with E-state index in [1.165, 1.54) is 26.4 Å². The maximum absolute atomic E-state index is 11.8. The van der Waals surface area contributed by atoms with E-state index in [0.29, 0.717) is 22.6 Å². The first-order valence-corrected chi connectivity index (χ1v) is 7.36. The molecule has 0 spiro atoms. The Balaban J connectivity index is 2.30. The minimum absolute atomic E-state index is 0.169. The number of hydrogen-bond acceptors (Lipinski definition) is 6. The zero-order valence-electron chi connectivity index (χ0n) is 11.3. The third-order valence-corrected chi connectivity index (χ3v) is 3.81. The van der Waals surface area contributed by atoms with Crippen molar-refractivity contribution in [2.24, 2.45) is 0 Å². The molecule has 110 valence electrons. The Morgan fingerprint density at radius 1 is 0.810 bits per heavy atom. The van der Waals surface area contributed by atoms with Crippen LogP contribution in [0.25, 0.3) is 11.1 Å². The van der Waals surface area contributed by atoms with E-state index < -0.39 is 10.4 Å². The Morgan fingerprint density at radius 2 is 1.24 bits per heavy atom. The SMILES string of the molecule is COc1ccc2c(c1)-c1cc(OC)ccc1OS(=O)(=O)O2. The quantitative estimate of drug-likeness (QED) is 0.848. The molecule has 1 aliphatic rings. The van der Waals surface area contributed by atoms with Gasteiger partial charge in [-0.15, -0.1) is 8.42 Å². The van der Waals surface area contributed by atoms with Crippen molar-refractivity contribution in [2.75, 3.05) is 14.2 Å². The van der Waals surface area contributed by atoms with Crippen molar-refractivity contribution in [1.29, 1.82) is 0 Å². The van der Waals surface area contributed by atoms with Gasteiger partial charge in [0.15, 0.2) is 11.5 Å². The fourth-order valence-corrected chi connectivity index (χ4v) is 2.84. The molecule has 0 radical (unpaired) electrons. The molecule has 7 heteroatoms. The highest BCUT2D eigenvalue weighted by molar-refractivity contribution is 7.82. The topological polar surface area (TPSA) is 71.1 Å². The van der Waals surface area contributed by atoms with Gasteiger partial charge in [0.1, 0.15) is 11.5 Å². The summed E-state index contributed by atoms with van der Waals surface area (Å²) in [5.41, 5.74) is 1.09. The van der Waals surface area contributed by atoms with Gasteiger partial charge in [-0.3, -0.25) is 0 Å². The zero-order valence-corrected chi connectivity index (χ0v) is 12.1. The van der Waals surface area contributed by atoms with Gasteiger partial charge in [0, 0.05) is 11.1 Å². The molecule has 1 aliphatic heterocycles. The Bertz CT molecular complexity index is 736. The smallest absolute Gasteiger partial charge is 0.497 e. The third kappa shape index (κ3) is 2.47. The van der Waals surface area contributed by atoms with Crippen LogP contribution in [0.15, 0.2) is 36.4 Å². The van der Waals surface area contributed by atoms with Crippen molar-refractivity contribution in [3.8, 4) is 34.1 Å². The third-order valence-electron chi connectivity index (χ3n) is 3.05. The number of fused-ring (bicyclic) bond motifs is 3. The number of ether oxygens (including phenoxy) is 2. The van der Waals surface area contributed by atoms with Crippen molar-refractivity contribution < 1.29 is 26.3 Å². The monoisotopic (exact) mass is 308 g/mol. The lowest BCUT2D eigenvalue weighted by Crippen LogP contribution is -2.15. The molecule has 0 bridgehead atoms. The number of hydrogen-bond donors (Lipinski definition) is 0. The lowest BCUT2D eigenvalue weighted by atomic mass is 10.0. The highest BCUT2D eigenvalue weighted by Gasteiger charge is 2.27. The van der Waals surface area contributed by atoms with E-state index >= 15 is 0 Å². The Kier molecular flexibility index (Phi) is 3.13. The maximum Gasteiger partial charge on any atom is 0.501 e. The highest BCUT2D eigenvalue weighted by Crippen LogP contribution is 2.43. The van der Waals surface area contributed by atoms with E-state index in [0.717, 1.165) is 0 Å². The van der Waals surface area contributed by atoms with Crippen LogP contribution < -0.4 is 17.8 Å². The van der Waals surface area contributed by atoms with Crippen LogP contribution in [-0.2, 0) is 10.4 Å². The van der Waals surface area contributed by atoms with Crippen LogP contribution in [0, 0.1) is 0 Å². The normalized spacial score (nSPS) is 14.8. The summed E-state index contributed by atoms with van der Waals surface area (Å²) in [6.45, 7) is 0. The summed E-state index contributed by atoms with van der Waals surface area (Å²) in [4.78, 5) is 0. The van der Waals surface area contributed by atoms with Crippen molar-refractivity contribution in [1.82, 2.24) is 0 Å². The molecule has 0 aliphatic carbocycles. The van der Waals surface area contributed by atoms with Crippen LogP contribution in [-0.4, -0.2) is 22.6 Å². The molecule has 0 amide bonds. The molecule has 2 aromatic carbocycles. The van der Waals surface area contributed by atoms with Crippen LogP contribution >= 0.6 is 0 Å². The Labute approximate surface area is 122 Å². The molecule has 21 heavy (non-hydrogen) atoms. The molecular formula is C14H12O6S. The molecule has 0 N–H and O–H groups in total. The summed E-state index contributed by atoms with van der Waals surface area (Å²) in [5, 5.41) is 0. The van der Waals surface area contributed by atoms with Gasteiger partial charge in [-0.05, 0) is 36.4 Å². The van der Waals surface area contributed by atoms with Crippen molar-refractivity contribution in [2.45, 2.75) is 0 Å². The fourth-order valence-electron chi connectivity index (χ4n) is 2.08. The first kappa shape index (κ1) is 13.6. The van der Waals surface area contributed by atoms with Gasteiger partial charge < -0.3 is 17.8 Å². The largest absolute Gasteiger partial charge is 0.501 e. The van der Waals surface area contributed by atoms with Crippen LogP contribution in [0.5, 0.6) is 23.0 Å². The second kappa shape index (κ2) is 4.85. The lowest BCUT2D eigenvalue weighted by Gasteiger charge is -2.09. The average molecular weight is 308 g/mol. The molecule has 1 heterocycles. The van der Waals surface area contributed by atoms with Gasteiger partial charge in [0.2, 0.25) is 0 Å². The van der Waals surface area contributed by atoms with E-state index in [1.54, 1.807) is 24.3 Å². The van der Waals surface area contributed by atoms with Gasteiger partial charge in [-0.2, -0.15) is 0 Å². The number of methoxy groups -OCH3 is 2. The van der Waals surface area contributed by atoms with Crippen molar-refractivity contribution in [3.63, 3.8) is 0 Å². The fraction of sp³-hybridized carbons (Fsp3) is 0.143. The van der Waals surface area contributed by atoms with Gasteiger partial charge >= 0.3 is 10.4 Å². The van der Waals surface area contributed by atoms with Gasteiger partial charge in [0.25, 0.3) is 0 Å². The second-order valence-corrected chi connectivity index (χ2v) is 5.45. The predicted molar refractivity (Wildman–Crippen MR) is 75.2 cm³/mol. The predicted octanol–water partition coefficient (Wildman–Crippen LogP) is 2.39. The van der Waals surface area contributed by atoms with E-state index in [9.17, 15) is 8.42 Å². The van der Waals surface area contributed by atoms with Crippen molar-refractivity contribution in [3.05, 3.63) is 36.4 Å². The molecule has 2 aromatic rings. The summed E-state index contributed by atoms with van der Waals surface area (Å²) in [6.07, 6.45) is 0. The molecule has 6 nitrogen and oxygen atoms in total. The molecule has 0 saturated heterocycles. The molecular weight excluding hydrogens is 296 g/mol. The van der Waals surface area contributed by atoms with Crippen LogP contribution in [0.1, 0.15) is 0 Å². The Morgan fingerprint density at radius 3 is 1.62 bits per heavy atom. The van der Waals surface area contributed by atoms with Gasteiger partial charge in [0.05, 0.1) is 14.2 Å². The second-order valence-electron chi connectivity index (χ2n) is 4.30. The summed E-state index contributed by atoms with van der Waals surface area (Å²) < 4.78 is 43.8. The minimum Gasteiger partial charge on any atom is -0.497 e. The van der Waals surface area contributed by atoms with Crippen LogP contribution in [0.2, 0.25) is 0 Å². The van der Waals surface area contributed by atoms with Crippen molar-refractivity contribution >= 4 is 10.4 Å². The maximum atomic E-state index is 11.8. The molecule has 0 aromatic heterocycles. The number of benzene rings is 2. The van der Waals surface area contributed by atoms with Crippen LogP contribution in [0.3, 0.4) is 0 Å². The zero-order chi connectivity index (χ0) is 15.0. The van der Waals surface area contributed by atoms with E-state index in [4.69, 9.17) is 17.8 Å². The first-order valence-electron chi connectivity index (χ1n) is 6.03. The van der Waals surface area contributed by atoms with E-state index in [1.807, 2.05) is 0 Å². The summed E-state index contributed by atoms with van der Waals surface area (Å²) in [5.74, 6) is 1.49. The van der Waals surface area contributed by atoms with E-state index in [-0.39, 0.29) is 11.5 Å². The standard InChI is InChI=1S/C14H12O6S/c1-17-9-3-5-13-11(7-9)12-8-10(18-2)4-6-14(12)20-21(15,16)19-13/h3-8H,1-2H3. The lowest BCUT2D eigenvalue weighted by molar-refractivity contribution is 0.394. The van der Waals surface area contributed by atoms with Gasteiger partial charge in [-0.25, -0.2) is 0 Å². The molecule has 0 saturated carbocycles.